The number of para-hydroxylation sites is 1. The van der Waals surface area contributed by atoms with Crippen LogP contribution in [0, 0.1) is 0 Å². The lowest BCUT2D eigenvalue weighted by Crippen LogP contribution is -2.32. The molecule has 0 saturated carbocycles. The maximum absolute atomic E-state index is 13.5. The molecule has 1 amide bonds. The number of aromatic nitrogens is 2. The zero-order valence-corrected chi connectivity index (χ0v) is 18.8. The van der Waals surface area contributed by atoms with Gasteiger partial charge in [0.1, 0.15) is 5.15 Å². The number of hydrogen-bond donors (Lipinski definition) is 0. The molecule has 2 heterocycles. The molecule has 0 unspecified atom stereocenters. The Labute approximate surface area is 191 Å². The minimum Gasteiger partial charge on any atom is -0.303 e. The lowest BCUT2D eigenvalue weighted by atomic mass is 10.1. The van der Waals surface area contributed by atoms with Crippen LogP contribution in [0.25, 0.3) is 10.9 Å². The highest BCUT2D eigenvalue weighted by molar-refractivity contribution is 7.91. The van der Waals surface area contributed by atoms with Gasteiger partial charge in [0, 0.05) is 17.8 Å². The van der Waals surface area contributed by atoms with Crippen LogP contribution in [0.3, 0.4) is 0 Å². The molecule has 6 nitrogen and oxygen atoms in total. The van der Waals surface area contributed by atoms with E-state index in [0.717, 1.165) is 10.9 Å². The maximum atomic E-state index is 13.5. The van der Waals surface area contributed by atoms with Gasteiger partial charge in [0.05, 0.1) is 34.0 Å². The maximum Gasteiger partial charge on any atom is 0.260 e. The summed E-state index contributed by atoms with van der Waals surface area (Å²) >= 11 is 6.04. The summed E-state index contributed by atoms with van der Waals surface area (Å²) in [5.41, 5.74) is 2.16. The Bertz CT molecular complexity index is 1390. The van der Waals surface area contributed by atoms with Crippen LogP contribution in [0.1, 0.15) is 22.8 Å². The number of carbonyl (C=O) groups is 1. The molecule has 32 heavy (non-hydrogen) atoms. The van der Waals surface area contributed by atoms with Gasteiger partial charge in [0.2, 0.25) is 0 Å². The van der Waals surface area contributed by atoms with Crippen LogP contribution >= 0.6 is 11.6 Å². The Morgan fingerprint density at radius 3 is 2.56 bits per heavy atom. The predicted molar refractivity (Wildman–Crippen MR) is 126 cm³/mol. The van der Waals surface area contributed by atoms with Crippen molar-refractivity contribution in [3.05, 3.63) is 95.4 Å². The normalized spacial score (nSPS) is 11.4. The van der Waals surface area contributed by atoms with Gasteiger partial charge in [-0.1, -0.05) is 42.8 Å². The molecule has 2 aromatic carbocycles. The lowest BCUT2D eigenvalue weighted by Gasteiger charge is -2.25. The molecule has 0 N–H and O–H groups in total. The summed E-state index contributed by atoms with van der Waals surface area (Å²) in [4.78, 5) is 23.4. The minimum atomic E-state index is -3.56. The molecule has 0 aliphatic rings. The molecule has 0 aliphatic carbocycles. The molecule has 4 aromatic rings. The largest absolute Gasteiger partial charge is 0.303 e. The number of hydrogen-bond acceptors (Lipinski definition) is 5. The van der Waals surface area contributed by atoms with Crippen LogP contribution in [0.4, 0.5) is 5.69 Å². The first-order valence-electron chi connectivity index (χ1n) is 9.98. The Morgan fingerprint density at radius 1 is 1.03 bits per heavy atom. The number of halogens is 1. The molecule has 0 saturated heterocycles. The second-order valence-corrected chi connectivity index (χ2v) is 9.80. The number of carbonyl (C=O) groups excluding carboxylic acids is 1. The highest BCUT2D eigenvalue weighted by Gasteiger charge is 2.25. The summed E-state index contributed by atoms with van der Waals surface area (Å²) in [6.45, 7) is 1.73. The van der Waals surface area contributed by atoms with E-state index >= 15 is 0 Å². The van der Waals surface area contributed by atoms with Gasteiger partial charge < -0.3 is 4.90 Å². The number of amides is 1. The van der Waals surface area contributed by atoms with E-state index in [1.165, 1.54) is 17.2 Å². The zero-order valence-electron chi connectivity index (χ0n) is 17.3. The third-order valence-corrected chi connectivity index (χ3v) is 7.07. The third kappa shape index (κ3) is 4.49. The van der Waals surface area contributed by atoms with Crippen molar-refractivity contribution < 1.29 is 13.2 Å². The highest BCUT2D eigenvalue weighted by Crippen LogP contribution is 2.29. The fourth-order valence-corrected chi connectivity index (χ4v) is 4.68. The van der Waals surface area contributed by atoms with Crippen molar-refractivity contribution >= 4 is 43.9 Å². The standard InChI is InChI=1S/C24H20ClN3O3S/c1-2-32(30,31)22-8-4-3-7-21(22)28(24(29)19-6-5-13-26-15-19)16-17-9-10-18-11-12-23(25)27-20(18)14-17/h3-15H,2,16H2,1H3. The summed E-state index contributed by atoms with van der Waals surface area (Å²) in [5, 5.41) is 1.29. The first kappa shape index (κ1) is 21.9. The molecule has 8 heteroatoms. The second kappa shape index (κ2) is 9.06. The molecule has 2 aromatic heterocycles. The monoisotopic (exact) mass is 465 g/mol. The van der Waals surface area contributed by atoms with Gasteiger partial charge in [0.15, 0.2) is 9.84 Å². The molecule has 4 rings (SSSR count). The number of sulfone groups is 1. The van der Waals surface area contributed by atoms with Crippen LogP contribution in [0.5, 0.6) is 0 Å². The quantitative estimate of drug-likeness (QED) is 0.377. The van der Waals surface area contributed by atoms with Gasteiger partial charge in [0.25, 0.3) is 5.91 Å². The number of rotatable bonds is 6. The summed E-state index contributed by atoms with van der Waals surface area (Å²) in [6, 6.07) is 19.1. The highest BCUT2D eigenvalue weighted by atomic mass is 35.5. The van der Waals surface area contributed by atoms with E-state index in [-0.39, 0.29) is 23.1 Å². The van der Waals surface area contributed by atoms with Crippen molar-refractivity contribution in [2.75, 3.05) is 10.7 Å². The third-order valence-electron chi connectivity index (χ3n) is 5.09. The topological polar surface area (TPSA) is 80.2 Å². The van der Waals surface area contributed by atoms with E-state index in [1.807, 2.05) is 24.3 Å². The Hall–Kier alpha value is -3.29. The van der Waals surface area contributed by atoms with E-state index in [4.69, 9.17) is 11.6 Å². The van der Waals surface area contributed by atoms with Crippen molar-refractivity contribution in [3.8, 4) is 0 Å². The average Bonchev–Trinajstić information content (AvgIpc) is 2.82. The van der Waals surface area contributed by atoms with E-state index in [2.05, 4.69) is 9.97 Å². The van der Waals surface area contributed by atoms with Gasteiger partial charge in [-0.15, -0.1) is 0 Å². The van der Waals surface area contributed by atoms with E-state index in [1.54, 1.807) is 49.5 Å². The summed E-state index contributed by atoms with van der Waals surface area (Å²) < 4.78 is 25.6. The van der Waals surface area contributed by atoms with Gasteiger partial charge in [-0.05, 0) is 48.0 Å². The van der Waals surface area contributed by atoms with Crippen molar-refractivity contribution in [1.82, 2.24) is 9.97 Å². The van der Waals surface area contributed by atoms with Gasteiger partial charge in [-0.25, -0.2) is 13.4 Å². The van der Waals surface area contributed by atoms with E-state index in [0.29, 0.717) is 21.9 Å². The lowest BCUT2D eigenvalue weighted by molar-refractivity contribution is 0.0984. The molecule has 0 spiro atoms. The van der Waals surface area contributed by atoms with Gasteiger partial charge in [-0.3, -0.25) is 9.78 Å². The average molecular weight is 466 g/mol. The number of fused-ring (bicyclic) bond motifs is 1. The van der Waals surface area contributed by atoms with Gasteiger partial charge >= 0.3 is 0 Å². The van der Waals surface area contributed by atoms with E-state index < -0.39 is 9.84 Å². The van der Waals surface area contributed by atoms with Crippen molar-refractivity contribution in [2.45, 2.75) is 18.4 Å². The zero-order chi connectivity index (χ0) is 22.7. The molecule has 0 atom stereocenters. The van der Waals surface area contributed by atoms with Crippen LogP contribution in [0.2, 0.25) is 5.15 Å². The first-order valence-corrected chi connectivity index (χ1v) is 12.0. The molecule has 162 valence electrons. The summed E-state index contributed by atoms with van der Waals surface area (Å²) in [6.07, 6.45) is 3.04. The van der Waals surface area contributed by atoms with Crippen LogP contribution in [-0.2, 0) is 16.4 Å². The smallest absolute Gasteiger partial charge is 0.260 e. The number of anilines is 1. The summed E-state index contributed by atoms with van der Waals surface area (Å²) in [5.74, 6) is -0.423. The van der Waals surface area contributed by atoms with Crippen molar-refractivity contribution in [3.63, 3.8) is 0 Å². The molecule has 0 fully saturated rings. The Morgan fingerprint density at radius 2 is 1.81 bits per heavy atom. The summed E-state index contributed by atoms with van der Waals surface area (Å²) in [7, 11) is -3.56. The van der Waals surface area contributed by atoms with E-state index in [9.17, 15) is 13.2 Å². The SMILES string of the molecule is CCS(=O)(=O)c1ccccc1N(Cc1ccc2ccc(Cl)nc2c1)C(=O)c1cccnc1. The van der Waals surface area contributed by atoms with Crippen molar-refractivity contribution in [2.24, 2.45) is 0 Å². The fraction of sp³-hybridized carbons (Fsp3) is 0.125. The first-order chi connectivity index (χ1) is 15.4. The molecule has 0 radical (unpaired) electrons. The second-order valence-electron chi connectivity index (χ2n) is 7.17. The Kier molecular flexibility index (Phi) is 6.21. The molecular formula is C24H20ClN3O3S. The van der Waals surface area contributed by atoms with Crippen LogP contribution in [-0.4, -0.2) is 30.0 Å². The number of nitrogens with zero attached hydrogens (tertiary/aromatic N) is 3. The predicted octanol–water partition coefficient (Wildman–Crippen LogP) is 4.92. The molecule has 0 bridgehead atoms. The number of pyridine rings is 2. The fourth-order valence-electron chi connectivity index (χ4n) is 3.43. The van der Waals surface area contributed by atoms with Crippen LogP contribution < -0.4 is 4.90 Å². The molecular weight excluding hydrogens is 446 g/mol. The molecule has 0 aliphatic heterocycles. The van der Waals surface area contributed by atoms with Crippen molar-refractivity contribution in [1.29, 1.82) is 0 Å². The Balaban J connectivity index is 1.84. The van der Waals surface area contributed by atoms with Crippen LogP contribution in [0.15, 0.2) is 84.0 Å². The van der Waals surface area contributed by atoms with Gasteiger partial charge in [-0.2, -0.15) is 0 Å². The minimum absolute atomic E-state index is 0.0721. The number of benzene rings is 2.